The third-order valence-corrected chi connectivity index (χ3v) is 9.01. The minimum absolute atomic E-state index is 0.0157. The normalized spacial score (nSPS) is 23.6. The molecule has 3 amide bonds. The third-order valence-electron chi connectivity index (χ3n) is 9.01. The number of likely N-dealkylation sites (tertiary alicyclic amines) is 1. The first kappa shape index (κ1) is 29.7. The summed E-state index contributed by atoms with van der Waals surface area (Å²) in [6.45, 7) is 8.19. The monoisotopic (exact) mass is 596 g/mol. The van der Waals surface area contributed by atoms with Crippen LogP contribution in [0.4, 0.5) is 10.5 Å². The van der Waals surface area contributed by atoms with Crippen LogP contribution in [-0.2, 0) is 21.7 Å². The van der Waals surface area contributed by atoms with Crippen LogP contribution in [0.2, 0.25) is 0 Å². The molecule has 1 unspecified atom stereocenters. The molecule has 1 aromatic carbocycles. The van der Waals surface area contributed by atoms with E-state index in [1.54, 1.807) is 23.4 Å². The molecule has 6 rings (SSSR count). The molecular formula is C33H40N8O3. The van der Waals surface area contributed by atoms with Gasteiger partial charge in [0.1, 0.15) is 11.8 Å². The zero-order chi connectivity index (χ0) is 30.8. The number of aromatic nitrogens is 1. The van der Waals surface area contributed by atoms with Crippen LogP contribution in [0.25, 0.3) is 0 Å². The number of nitrogens with zero attached hydrogens (tertiary/aromatic N) is 6. The number of rotatable bonds is 7. The van der Waals surface area contributed by atoms with Crippen molar-refractivity contribution >= 4 is 17.6 Å². The van der Waals surface area contributed by atoms with Crippen molar-refractivity contribution in [1.82, 2.24) is 30.3 Å². The Morgan fingerprint density at radius 2 is 2.00 bits per heavy atom. The fraction of sp³-hybridized carbons (Fsp3) is 0.455. The van der Waals surface area contributed by atoms with Crippen LogP contribution in [0, 0.1) is 11.3 Å². The van der Waals surface area contributed by atoms with Crippen LogP contribution < -0.4 is 15.5 Å². The minimum atomic E-state index is -1.04. The van der Waals surface area contributed by atoms with Crippen molar-refractivity contribution in [1.29, 1.82) is 5.26 Å². The number of likely N-dealkylation sites (N-methyl/N-ethyl adjacent to an activating group) is 1. The maximum atomic E-state index is 13.9. The number of anilines is 1. The number of fused-ring (bicyclic) bond motifs is 1. The highest BCUT2D eigenvalue weighted by atomic mass is 16.5. The molecule has 11 nitrogen and oxygen atoms in total. The number of pyridine rings is 1. The topological polar surface area (TPSA) is 117 Å². The van der Waals surface area contributed by atoms with E-state index in [1.807, 2.05) is 55.3 Å². The summed E-state index contributed by atoms with van der Waals surface area (Å²) in [5.41, 5.74) is 3.29. The predicted molar refractivity (Wildman–Crippen MR) is 166 cm³/mol. The number of nitriles is 1. The van der Waals surface area contributed by atoms with Gasteiger partial charge in [0.15, 0.2) is 5.72 Å². The number of para-hydroxylation sites is 1. The van der Waals surface area contributed by atoms with Crippen molar-refractivity contribution in [2.45, 2.75) is 44.5 Å². The first-order valence-corrected chi connectivity index (χ1v) is 15.5. The Hall–Kier alpha value is -4.40. The van der Waals surface area contributed by atoms with E-state index in [0.717, 1.165) is 48.4 Å². The first-order chi connectivity index (χ1) is 21.4. The number of hydrogen-bond donors (Lipinski definition) is 2. The number of carbonyl (C=O) groups excluding carboxylic acids is 2. The Labute approximate surface area is 258 Å². The molecule has 230 valence electrons. The van der Waals surface area contributed by atoms with Crippen molar-refractivity contribution in [3.8, 4) is 6.07 Å². The summed E-state index contributed by atoms with van der Waals surface area (Å²) in [4.78, 5) is 40.1. The van der Waals surface area contributed by atoms with Crippen molar-refractivity contribution < 1.29 is 14.3 Å². The second-order valence-corrected chi connectivity index (χ2v) is 11.8. The van der Waals surface area contributed by atoms with E-state index in [0.29, 0.717) is 44.0 Å². The lowest BCUT2D eigenvalue weighted by Gasteiger charge is -2.46. The lowest BCUT2D eigenvalue weighted by Crippen LogP contribution is -2.60. The van der Waals surface area contributed by atoms with Gasteiger partial charge >= 0.3 is 6.03 Å². The fourth-order valence-corrected chi connectivity index (χ4v) is 6.78. The Morgan fingerprint density at radius 3 is 2.70 bits per heavy atom. The van der Waals surface area contributed by atoms with Crippen LogP contribution in [0.15, 0.2) is 66.3 Å². The van der Waals surface area contributed by atoms with E-state index < -0.39 is 5.72 Å². The Kier molecular flexibility index (Phi) is 8.29. The molecule has 0 bridgehead atoms. The van der Waals surface area contributed by atoms with E-state index in [4.69, 9.17) is 4.74 Å². The molecule has 1 aromatic heterocycles. The number of benzene rings is 1. The quantitative estimate of drug-likeness (QED) is 0.501. The van der Waals surface area contributed by atoms with Crippen LogP contribution in [0.3, 0.4) is 0 Å². The number of dihydropyridines is 1. The number of urea groups is 1. The molecule has 4 aliphatic heterocycles. The van der Waals surface area contributed by atoms with Crippen molar-refractivity contribution in [3.63, 3.8) is 0 Å². The summed E-state index contributed by atoms with van der Waals surface area (Å²) in [7, 11) is 2.03. The Morgan fingerprint density at radius 1 is 1.16 bits per heavy atom. The van der Waals surface area contributed by atoms with Gasteiger partial charge in [-0.15, -0.1) is 0 Å². The minimum Gasteiger partial charge on any atom is -0.363 e. The number of amides is 3. The maximum absolute atomic E-state index is 13.9. The number of ether oxygens (including phenoxy) is 1. The average Bonchev–Trinajstić information content (AvgIpc) is 3.48. The van der Waals surface area contributed by atoms with Gasteiger partial charge in [-0.3, -0.25) is 14.7 Å². The van der Waals surface area contributed by atoms with E-state index in [2.05, 4.69) is 38.4 Å². The molecule has 0 radical (unpaired) electrons. The maximum Gasteiger partial charge on any atom is 0.324 e. The molecule has 5 heterocycles. The summed E-state index contributed by atoms with van der Waals surface area (Å²) in [5, 5.41) is 16.4. The van der Waals surface area contributed by atoms with Crippen LogP contribution in [-0.4, -0.2) is 96.6 Å². The van der Waals surface area contributed by atoms with Crippen molar-refractivity contribution in [3.05, 3.63) is 83.0 Å². The summed E-state index contributed by atoms with van der Waals surface area (Å²) >= 11 is 0. The largest absolute Gasteiger partial charge is 0.363 e. The highest BCUT2D eigenvalue weighted by Gasteiger charge is 2.41. The molecule has 11 heteroatoms. The highest BCUT2D eigenvalue weighted by molar-refractivity contribution is 5.96. The number of allylic oxidation sites excluding steroid dienone is 1. The van der Waals surface area contributed by atoms with Crippen LogP contribution >= 0.6 is 0 Å². The number of hydrogen-bond acceptors (Lipinski definition) is 8. The van der Waals surface area contributed by atoms with Gasteiger partial charge in [-0.05, 0) is 56.7 Å². The molecule has 2 N–H and O–H groups in total. The molecule has 0 saturated carbocycles. The SMILES string of the molecule is CCOC1(c2cccnc2)C=CC(N2CCN(C(=O)N3CCc4cccc(C#N)c43)C[C@H]2CC)=C(C(=O)NC2CN(C)C2)N1. The second kappa shape index (κ2) is 12.3. The van der Waals surface area contributed by atoms with Crippen molar-refractivity contribution in [2.75, 3.05) is 57.8 Å². The Balaban J connectivity index is 1.28. The van der Waals surface area contributed by atoms with Gasteiger partial charge in [0, 0.05) is 69.9 Å². The average molecular weight is 597 g/mol. The van der Waals surface area contributed by atoms with Gasteiger partial charge in [0.05, 0.1) is 23.0 Å². The lowest BCUT2D eigenvalue weighted by atomic mass is 9.97. The summed E-state index contributed by atoms with van der Waals surface area (Å²) in [6.07, 6.45) is 8.93. The number of carbonyl (C=O) groups is 2. The van der Waals surface area contributed by atoms with Gasteiger partial charge in [-0.25, -0.2) is 4.79 Å². The van der Waals surface area contributed by atoms with Gasteiger partial charge < -0.3 is 30.1 Å². The molecule has 44 heavy (non-hydrogen) atoms. The van der Waals surface area contributed by atoms with Gasteiger partial charge in [-0.1, -0.05) is 25.1 Å². The molecule has 2 aromatic rings. The second-order valence-electron chi connectivity index (χ2n) is 11.8. The highest BCUT2D eigenvalue weighted by Crippen LogP contribution is 2.35. The van der Waals surface area contributed by atoms with E-state index in [9.17, 15) is 14.9 Å². The van der Waals surface area contributed by atoms with Gasteiger partial charge in [0.25, 0.3) is 5.91 Å². The fourth-order valence-electron chi connectivity index (χ4n) is 6.78. The molecule has 2 saturated heterocycles. The zero-order valence-electron chi connectivity index (χ0n) is 25.6. The first-order valence-electron chi connectivity index (χ1n) is 15.5. The third kappa shape index (κ3) is 5.40. The zero-order valence-corrected chi connectivity index (χ0v) is 25.6. The molecule has 4 aliphatic rings. The van der Waals surface area contributed by atoms with E-state index >= 15 is 0 Å². The molecule has 2 atom stereocenters. The van der Waals surface area contributed by atoms with Crippen LogP contribution in [0.1, 0.15) is 37.0 Å². The number of piperazine rings is 1. The molecule has 0 aliphatic carbocycles. The number of nitrogens with one attached hydrogen (secondary N) is 2. The van der Waals surface area contributed by atoms with Gasteiger partial charge in [-0.2, -0.15) is 5.26 Å². The lowest BCUT2D eigenvalue weighted by molar-refractivity contribution is -0.121. The molecular weight excluding hydrogens is 556 g/mol. The van der Waals surface area contributed by atoms with Gasteiger partial charge in [0.2, 0.25) is 0 Å². The molecule has 0 spiro atoms. The smallest absolute Gasteiger partial charge is 0.324 e. The molecule has 2 fully saturated rings. The standard InChI is InChI=1S/C33H40N8O3/c1-4-27-22-39(32(43)41-15-12-23-8-6-9-24(18-34)30(23)41)16-17-40(27)28-11-13-33(44-5-2,25-10-7-14-35-19-25)37-29(28)31(42)36-26-20-38(3)21-26/h6-11,13-14,19,26-27,37H,4-5,12,15-17,20-22H2,1-3H3,(H,36,42)/t27-,33?/m1/s1. The van der Waals surface area contributed by atoms with Crippen molar-refractivity contribution in [2.24, 2.45) is 0 Å². The summed E-state index contributed by atoms with van der Waals surface area (Å²) in [5.74, 6) is -0.179. The predicted octanol–water partition coefficient (Wildman–Crippen LogP) is 2.52. The Bertz CT molecular complexity index is 1510. The summed E-state index contributed by atoms with van der Waals surface area (Å²) in [6, 6.07) is 11.7. The van der Waals surface area contributed by atoms with E-state index in [1.165, 1.54) is 0 Å². The van der Waals surface area contributed by atoms with Crippen LogP contribution in [0.5, 0.6) is 0 Å². The van der Waals surface area contributed by atoms with E-state index in [-0.39, 0.29) is 24.0 Å². The summed E-state index contributed by atoms with van der Waals surface area (Å²) < 4.78 is 6.28.